The van der Waals surface area contributed by atoms with Crippen LogP contribution in [0.4, 0.5) is 5.69 Å². The summed E-state index contributed by atoms with van der Waals surface area (Å²) in [5.41, 5.74) is 3.59. The molecule has 4 nitrogen and oxygen atoms in total. The van der Waals surface area contributed by atoms with Crippen molar-refractivity contribution in [1.29, 1.82) is 0 Å². The van der Waals surface area contributed by atoms with Crippen molar-refractivity contribution in [1.82, 2.24) is 9.88 Å². The highest BCUT2D eigenvalue weighted by molar-refractivity contribution is 7.09. The molecule has 1 aromatic heterocycles. The lowest BCUT2D eigenvalue weighted by Crippen LogP contribution is -2.44. The van der Waals surface area contributed by atoms with Gasteiger partial charge in [-0.05, 0) is 38.5 Å². The minimum absolute atomic E-state index is 0.313. The lowest BCUT2D eigenvalue weighted by atomic mass is 10.1. The number of benzene rings is 1. The van der Waals surface area contributed by atoms with Gasteiger partial charge >= 0.3 is 0 Å². The number of aromatic nitrogens is 1. The topological polar surface area (TPSA) is 37.4 Å². The summed E-state index contributed by atoms with van der Waals surface area (Å²) >= 11 is 1.71. The normalized spacial score (nSPS) is 22.2. The van der Waals surface area contributed by atoms with Crippen LogP contribution >= 0.6 is 11.3 Å². The first-order valence-electron chi connectivity index (χ1n) is 8.20. The molecule has 0 aliphatic carbocycles. The fourth-order valence-electron chi connectivity index (χ4n) is 3.11. The average Bonchev–Trinajstić information content (AvgIpc) is 2.90. The summed E-state index contributed by atoms with van der Waals surface area (Å²) in [4.78, 5) is 6.97. The largest absolute Gasteiger partial charge is 0.379 e. The summed E-state index contributed by atoms with van der Waals surface area (Å²) in [6.45, 7) is 10.1. The zero-order valence-corrected chi connectivity index (χ0v) is 14.9. The smallest absolute Gasteiger partial charge is 0.112 e. The van der Waals surface area contributed by atoms with Gasteiger partial charge in [-0.2, -0.15) is 0 Å². The van der Waals surface area contributed by atoms with Crippen molar-refractivity contribution in [3.63, 3.8) is 0 Å². The lowest BCUT2D eigenvalue weighted by molar-refractivity contribution is -0.0704. The van der Waals surface area contributed by atoms with Crippen molar-refractivity contribution < 1.29 is 4.74 Å². The Morgan fingerprint density at radius 1 is 1.30 bits per heavy atom. The van der Waals surface area contributed by atoms with Gasteiger partial charge in [-0.15, -0.1) is 11.3 Å². The summed E-state index contributed by atoms with van der Waals surface area (Å²) in [6, 6.07) is 8.68. The van der Waals surface area contributed by atoms with Crippen LogP contribution in [0.1, 0.15) is 30.1 Å². The van der Waals surface area contributed by atoms with Gasteiger partial charge in [0.1, 0.15) is 5.01 Å². The highest BCUT2D eigenvalue weighted by atomic mass is 32.1. The Hall–Kier alpha value is -1.43. The van der Waals surface area contributed by atoms with Crippen LogP contribution in [-0.2, 0) is 17.8 Å². The van der Waals surface area contributed by atoms with Gasteiger partial charge in [0.05, 0.1) is 18.8 Å². The van der Waals surface area contributed by atoms with Gasteiger partial charge in [-0.1, -0.05) is 12.1 Å². The van der Waals surface area contributed by atoms with E-state index in [1.807, 2.05) is 6.92 Å². The zero-order valence-electron chi connectivity index (χ0n) is 14.1. The average molecular weight is 331 g/mol. The van der Waals surface area contributed by atoms with Crippen molar-refractivity contribution in [2.75, 3.05) is 18.4 Å². The third-order valence-electron chi connectivity index (χ3n) is 3.94. The number of nitrogens with one attached hydrogen (secondary N) is 1. The van der Waals surface area contributed by atoms with Gasteiger partial charge in [-0.25, -0.2) is 4.98 Å². The first-order chi connectivity index (χ1) is 11.1. The van der Waals surface area contributed by atoms with E-state index in [4.69, 9.17) is 4.74 Å². The Morgan fingerprint density at radius 2 is 2.09 bits per heavy atom. The standard InChI is InChI=1S/C18H25N3OS/c1-13-12-23-18(20-13)8-19-17-6-4-5-16(7-17)11-21-9-14(2)22-15(3)10-21/h4-7,12,14-15,19H,8-11H2,1-3H3. The molecule has 23 heavy (non-hydrogen) atoms. The maximum atomic E-state index is 5.81. The summed E-state index contributed by atoms with van der Waals surface area (Å²) in [7, 11) is 0. The molecule has 1 N–H and O–H groups in total. The van der Waals surface area contributed by atoms with Crippen LogP contribution in [-0.4, -0.2) is 35.2 Å². The molecule has 124 valence electrons. The van der Waals surface area contributed by atoms with Crippen molar-refractivity contribution >= 4 is 17.0 Å². The van der Waals surface area contributed by atoms with E-state index in [2.05, 4.69) is 58.7 Å². The minimum Gasteiger partial charge on any atom is -0.379 e. The molecule has 2 unspecified atom stereocenters. The van der Waals surface area contributed by atoms with Gasteiger partial charge in [0.2, 0.25) is 0 Å². The second-order valence-corrected chi connectivity index (χ2v) is 7.33. The SMILES string of the molecule is Cc1csc(CNc2cccc(CN3CC(C)OC(C)C3)c2)n1. The fourth-order valence-corrected chi connectivity index (χ4v) is 3.82. The van der Waals surface area contributed by atoms with Gasteiger partial charge in [-0.3, -0.25) is 4.90 Å². The Kier molecular flexibility index (Phi) is 5.30. The third-order valence-corrected chi connectivity index (χ3v) is 4.91. The molecule has 2 heterocycles. The minimum atomic E-state index is 0.313. The van der Waals surface area contributed by atoms with Crippen LogP contribution in [0, 0.1) is 6.92 Å². The van der Waals surface area contributed by atoms with E-state index < -0.39 is 0 Å². The number of hydrogen-bond donors (Lipinski definition) is 1. The lowest BCUT2D eigenvalue weighted by Gasteiger charge is -2.35. The molecule has 0 radical (unpaired) electrons. The predicted molar refractivity (Wildman–Crippen MR) is 95.9 cm³/mol. The maximum Gasteiger partial charge on any atom is 0.112 e. The van der Waals surface area contributed by atoms with Crippen molar-refractivity contribution in [3.05, 3.63) is 45.9 Å². The molecule has 2 atom stereocenters. The second-order valence-electron chi connectivity index (χ2n) is 6.39. The molecule has 2 aromatic rings. The fraction of sp³-hybridized carbons (Fsp3) is 0.500. The van der Waals surface area contributed by atoms with E-state index in [0.717, 1.165) is 42.6 Å². The number of ether oxygens (including phenoxy) is 1. The first-order valence-corrected chi connectivity index (χ1v) is 9.08. The summed E-state index contributed by atoms with van der Waals surface area (Å²) < 4.78 is 5.81. The van der Waals surface area contributed by atoms with E-state index >= 15 is 0 Å². The van der Waals surface area contributed by atoms with E-state index in [-0.39, 0.29) is 0 Å². The number of hydrogen-bond acceptors (Lipinski definition) is 5. The Labute approximate surface area is 142 Å². The summed E-state index contributed by atoms with van der Waals surface area (Å²) in [6.07, 6.45) is 0.626. The number of anilines is 1. The van der Waals surface area contributed by atoms with E-state index in [9.17, 15) is 0 Å². The predicted octanol–water partition coefficient (Wildman–Crippen LogP) is 3.67. The van der Waals surface area contributed by atoms with Crippen LogP contribution in [0.3, 0.4) is 0 Å². The van der Waals surface area contributed by atoms with Crippen molar-refractivity contribution in [2.24, 2.45) is 0 Å². The van der Waals surface area contributed by atoms with Crippen molar-refractivity contribution in [3.8, 4) is 0 Å². The summed E-state index contributed by atoms with van der Waals surface area (Å²) in [5.74, 6) is 0. The molecule has 1 fully saturated rings. The molecule has 1 aliphatic heterocycles. The molecule has 0 spiro atoms. The van der Waals surface area contributed by atoms with Crippen LogP contribution in [0.25, 0.3) is 0 Å². The van der Waals surface area contributed by atoms with Crippen molar-refractivity contribution in [2.45, 2.75) is 46.1 Å². The molecule has 0 amide bonds. The highest BCUT2D eigenvalue weighted by Gasteiger charge is 2.21. The van der Waals surface area contributed by atoms with E-state index in [1.165, 1.54) is 5.56 Å². The van der Waals surface area contributed by atoms with E-state index in [0.29, 0.717) is 12.2 Å². The Bertz CT molecular complexity index is 633. The quantitative estimate of drug-likeness (QED) is 0.907. The molecule has 0 bridgehead atoms. The van der Waals surface area contributed by atoms with E-state index in [1.54, 1.807) is 11.3 Å². The van der Waals surface area contributed by atoms with Gasteiger partial charge in [0, 0.05) is 36.4 Å². The molecule has 5 heteroatoms. The summed E-state index contributed by atoms with van der Waals surface area (Å²) in [5, 5.41) is 6.69. The van der Waals surface area contributed by atoms with Gasteiger partial charge in [0.25, 0.3) is 0 Å². The first kappa shape index (κ1) is 16.4. The molecule has 1 aliphatic rings. The molecule has 0 saturated carbocycles. The highest BCUT2D eigenvalue weighted by Crippen LogP contribution is 2.18. The Morgan fingerprint density at radius 3 is 2.78 bits per heavy atom. The van der Waals surface area contributed by atoms with Crippen LogP contribution in [0.5, 0.6) is 0 Å². The molecule has 1 aromatic carbocycles. The monoisotopic (exact) mass is 331 g/mol. The third kappa shape index (κ3) is 4.77. The number of rotatable bonds is 5. The number of morpholine rings is 1. The number of thiazole rings is 1. The van der Waals surface area contributed by atoms with Gasteiger partial charge in [0.15, 0.2) is 0 Å². The van der Waals surface area contributed by atoms with Crippen LogP contribution in [0.15, 0.2) is 29.6 Å². The molecular weight excluding hydrogens is 306 g/mol. The second kappa shape index (κ2) is 7.43. The van der Waals surface area contributed by atoms with Crippen LogP contribution in [0.2, 0.25) is 0 Å². The molecular formula is C18H25N3OS. The maximum absolute atomic E-state index is 5.81. The molecule has 1 saturated heterocycles. The zero-order chi connectivity index (χ0) is 16.2. The Balaban J connectivity index is 1.58. The molecule has 3 rings (SSSR count). The van der Waals surface area contributed by atoms with Gasteiger partial charge < -0.3 is 10.1 Å². The number of aryl methyl sites for hydroxylation is 1. The van der Waals surface area contributed by atoms with Crippen LogP contribution < -0.4 is 5.32 Å². The number of nitrogens with zero attached hydrogens (tertiary/aromatic N) is 2.